The van der Waals surface area contributed by atoms with Crippen LogP contribution in [0.15, 0.2) is 0 Å². The van der Waals surface area contributed by atoms with Crippen molar-refractivity contribution >= 4 is 21.9 Å². The molecule has 1 atom stereocenters. The monoisotopic (exact) mass is 182 g/mol. The van der Waals surface area contributed by atoms with Gasteiger partial charge in [-0.1, -0.05) is 0 Å². The summed E-state index contributed by atoms with van der Waals surface area (Å²) in [4.78, 5) is 0. The van der Waals surface area contributed by atoms with Crippen molar-refractivity contribution in [3.8, 4) is 0 Å². The maximum Gasteiger partial charge on any atom is 0.264 e. The highest BCUT2D eigenvalue weighted by molar-refractivity contribution is 7.99. The molecule has 0 aromatic heterocycles. The zero-order valence-corrected chi connectivity index (χ0v) is 7.37. The quantitative estimate of drug-likeness (QED) is 0.582. The predicted octanol–water partition coefficient (Wildman–Crippen LogP) is 0.468. The molecule has 0 aromatic rings. The molecule has 1 unspecified atom stereocenters. The van der Waals surface area contributed by atoms with Crippen molar-refractivity contribution in [3.63, 3.8) is 0 Å². The van der Waals surface area contributed by atoms with E-state index in [0.29, 0.717) is 0 Å². The molecule has 3 nitrogen and oxygen atoms in total. The summed E-state index contributed by atoms with van der Waals surface area (Å²) in [5.74, 6) is 1.83. The summed E-state index contributed by atoms with van der Waals surface area (Å²) in [5.41, 5.74) is 0. The van der Waals surface area contributed by atoms with Crippen LogP contribution in [0.4, 0.5) is 0 Å². The van der Waals surface area contributed by atoms with Crippen LogP contribution in [0, 0.1) is 0 Å². The van der Waals surface area contributed by atoms with E-state index >= 15 is 0 Å². The molecule has 0 bridgehead atoms. The second-order valence-electron chi connectivity index (χ2n) is 2.29. The third kappa shape index (κ3) is 2.90. The molecular weight excluding hydrogens is 172 g/mol. The van der Waals surface area contributed by atoms with Crippen LogP contribution in [0.3, 0.4) is 0 Å². The van der Waals surface area contributed by atoms with E-state index in [-0.39, 0.29) is 6.10 Å². The zero-order chi connectivity index (χ0) is 7.61. The third-order valence-electron chi connectivity index (χ3n) is 1.20. The normalized spacial score (nSPS) is 27.1. The third-order valence-corrected chi connectivity index (χ3v) is 2.95. The minimum absolute atomic E-state index is 0.0694. The Hall–Kier alpha value is 0.260. The van der Waals surface area contributed by atoms with Crippen LogP contribution in [0.1, 0.15) is 6.42 Å². The van der Waals surface area contributed by atoms with E-state index in [1.165, 1.54) is 0 Å². The first-order valence-electron chi connectivity index (χ1n) is 3.04. The molecular formula is C5H10O3S2. The lowest BCUT2D eigenvalue weighted by molar-refractivity contribution is 0.239. The Balaban J connectivity index is 2.38. The van der Waals surface area contributed by atoms with Gasteiger partial charge in [0, 0.05) is 5.75 Å². The molecule has 0 aromatic carbocycles. The van der Waals surface area contributed by atoms with E-state index in [1.54, 1.807) is 11.8 Å². The van der Waals surface area contributed by atoms with Gasteiger partial charge >= 0.3 is 0 Å². The Labute approximate surface area is 65.3 Å². The Morgan fingerprint density at radius 3 is 2.70 bits per heavy atom. The van der Waals surface area contributed by atoms with Crippen LogP contribution in [0.2, 0.25) is 0 Å². The minimum Gasteiger partial charge on any atom is -0.266 e. The summed E-state index contributed by atoms with van der Waals surface area (Å²) >= 11 is 1.73. The van der Waals surface area contributed by atoms with Gasteiger partial charge in [0.1, 0.15) is 0 Å². The smallest absolute Gasteiger partial charge is 0.264 e. The molecule has 0 N–H and O–H groups in total. The van der Waals surface area contributed by atoms with E-state index < -0.39 is 10.1 Å². The van der Waals surface area contributed by atoms with E-state index in [0.717, 1.165) is 24.2 Å². The van der Waals surface area contributed by atoms with Gasteiger partial charge in [-0.05, 0) is 12.2 Å². The Kier molecular flexibility index (Phi) is 2.60. The second kappa shape index (κ2) is 3.11. The van der Waals surface area contributed by atoms with Gasteiger partial charge in [0.2, 0.25) is 0 Å². The van der Waals surface area contributed by atoms with Gasteiger partial charge in [-0.2, -0.15) is 20.2 Å². The van der Waals surface area contributed by atoms with E-state index in [1.807, 2.05) is 0 Å². The van der Waals surface area contributed by atoms with Crippen molar-refractivity contribution in [2.24, 2.45) is 0 Å². The lowest BCUT2D eigenvalue weighted by Crippen LogP contribution is -2.16. The van der Waals surface area contributed by atoms with Crippen LogP contribution < -0.4 is 0 Å². The van der Waals surface area contributed by atoms with Crippen molar-refractivity contribution < 1.29 is 12.6 Å². The fourth-order valence-electron chi connectivity index (χ4n) is 0.836. The van der Waals surface area contributed by atoms with Crippen LogP contribution in [-0.2, 0) is 14.3 Å². The standard InChI is InChI=1S/C5H10O3S2/c1-10(6,7)8-5-2-3-9-4-5/h5H,2-4H2,1H3. The largest absolute Gasteiger partial charge is 0.266 e. The van der Waals surface area contributed by atoms with Crippen molar-refractivity contribution in [2.75, 3.05) is 17.8 Å². The van der Waals surface area contributed by atoms with Crippen molar-refractivity contribution in [2.45, 2.75) is 12.5 Å². The highest BCUT2D eigenvalue weighted by Crippen LogP contribution is 2.20. The van der Waals surface area contributed by atoms with E-state index in [9.17, 15) is 8.42 Å². The molecule has 0 saturated carbocycles. The van der Waals surface area contributed by atoms with Crippen LogP contribution in [0.25, 0.3) is 0 Å². The molecule has 1 fully saturated rings. The van der Waals surface area contributed by atoms with Gasteiger partial charge in [-0.15, -0.1) is 0 Å². The first kappa shape index (κ1) is 8.36. The minimum atomic E-state index is -3.22. The number of hydrogen-bond donors (Lipinski definition) is 0. The summed E-state index contributed by atoms with van der Waals surface area (Å²) in [6, 6.07) is 0. The average Bonchev–Trinajstić information content (AvgIpc) is 2.12. The summed E-state index contributed by atoms with van der Waals surface area (Å²) in [7, 11) is -3.22. The van der Waals surface area contributed by atoms with Crippen molar-refractivity contribution in [1.29, 1.82) is 0 Å². The first-order valence-corrected chi connectivity index (χ1v) is 6.01. The fourth-order valence-corrected chi connectivity index (χ4v) is 2.67. The average molecular weight is 182 g/mol. The lowest BCUT2D eigenvalue weighted by atomic mass is 10.3. The van der Waals surface area contributed by atoms with E-state index in [2.05, 4.69) is 0 Å². The number of rotatable bonds is 2. The Morgan fingerprint density at radius 2 is 2.30 bits per heavy atom. The van der Waals surface area contributed by atoms with Gasteiger partial charge in [-0.3, -0.25) is 4.18 Å². The highest BCUT2D eigenvalue weighted by atomic mass is 32.2. The van der Waals surface area contributed by atoms with Gasteiger partial charge in [-0.25, -0.2) is 0 Å². The summed E-state index contributed by atoms with van der Waals surface area (Å²) in [6.07, 6.45) is 1.88. The fraction of sp³-hybridized carbons (Fsp3) is 1.00. The Morgan fingerprint density at radius 1 is 1.60 bits per heavy atom. The molecule has 1 saturated heterocycles. The molecule has 60 valence electrons. The van der Waals surface area contributed by atoms with Gasteiger partial charge < -0.3 is 0 Å². The SMILES string of the molecule is CS(=O)(=O)OC1CCSC1. The molecule has 1 aliphatic rings. The number of hydrogen-bond acceptors (Lipinski definition) is 4. The molecule has 5 heteroatoms. The summed E-state index contributed by atoms with van der Waals surface area (Å²) in [6.45, 7) is 0. The van der Waals surface area contributed by atoms with Crippen LogP contribution >= 0.6 is 11.8 Å². The lowest BCUT2D eigenvalue weighted by Gasteiger charge is -2.05. The molecule has 0 aliphatic carbocycles. The highest BCUT2D eigenvalue weighted by Gasteiger charge is 2.19. The summed E-state index contributed by atoms with van der Waals surface area (Å²) in [5, 5.41) is 0. The molecule has 0 radical (unpaired) electrons. The topological polar surface area (TPSA) is 43.4 Å². The number of thioether (sulfide) groups is 1. The van der Waals surface area contributed by atoms with Gasteiger partial charge in [0.25, 0.3) is 10.1 Å². The van der Waals surface area contributed by atoms with Crippen LogP contribution in [-0.4, -0.2) is 32.3 Å². The molecule has 1 heterocycles. The Bertz CT molecular complexity index is 191. The zero-order valence-electron chi connectivity index (χ0n) is 5.74. The molecule has 1 rings (SSSR count). The molecule has 0 amide bonds. The maximum atomic E-state index is 10.6. The van der Waals surface area contributed by atoms with Gasteiger partial charge in [0.15, 0.2) is 0 Å². The molecule has 0 spiro atoms. The van der Waals surface area contributed by atoms with E-state index in [4.69, 9.17) is 4.18 Å². The second-order valence-corrected chi connectivity index (χ2v) is 5.04. The molecule has 1 aliphatic heterocycles. The molecule has 10 heavy (non-hydrogen) atoms. The van der Waals surface area contributed by atoms with Crippen LogP contribution in [0.5, 0.6) is 0 Å². The van der Waals surface area contributed by atoms with Gasteiger partial charge in [0.05, 0.1) is 12.4 Å². The van der Waals surface area contributed by atoms with Crippen molar-refractivity contribution in [3.05, 3.63) is 0 Å². The predicted molar refractivity (Wildman–Crippen MR) is 41.7 cm³/mol. The van der Waals surface area contributed by atoms with Crippen molar-refractivity contribution in [1.82, 2.24) is 0 Å². The summed E-state index contributed by atoms with van der Waals surface area (Å²) < 4.78 is 25.9. The maximum absolute atomic E-state index is 10.6. The first-order chi connectivity index (χ1) is 4.58.